The summed E-state index contributed by atoms with van der Waals surface area (Å²) in [5.74, 6) is -1.11. The Labute approximate surface area is 73.4 Å². The van der Waals surface area contributed by atoms with E-state index in [0.717, 1.165) is 0 Å². The molecule has 11 heavy (non-hydrogen) atoms. The first-order valence-electron chi connectivity index (χ1n) is 2.98. The Kier molecular flexibility index (Phi) is 3.51. The molecule has 64 valence electrons. The summed E-state index contributed by atoms with van der Waals surface area (Å²) in [5, 5.41) is 12.0. The lowest BCUT2D eigenvalue weighted by molar-refractivity contribution is -0.151. The summed E-state index contributed by atoms with van der Waals surface area (Å²) in [6.07, 6.45) is 0. The number of carboxylic acid groups (broad SMARTS) is 1. The highest BCUT2D eigenvalue weighted by molar-refractivity contribution is 9.10. The van der Waals surface area contributed by atoms with E-state index in [9.17, 15) is 4.79 Å². The Hall–Kier alpha value is -0.580. The number of oxime groups is 1. The van der Waals surface area contributed by atoms with Gasteiger partial charge in [-0.05, 0) is 36.7 Å². The number of halogens is 1. The highest BCUT2D eigenvalue weighted by atomic mass is 79.9. The van der Waals surface area contributed by atoms with Crippen LogP contribution < -0.4 is 0 Å². The summed E-state index contributed by atoms with van der Waals surface area (Å²) in [6, 6.07) is 0. The van der Waals surface area contributed by atoms with Gasteiger partial charge in [0.15, 0.2) is 0 Å². The Balaban J connectivity index is 4.14. The van der Waals surface area contributed by atoms with E-state index < -0.39 is 10.5 Å². The maximum atomic E-state index is 10.4. The van der Waals surface area contributed by atoms with Crippen molar-refractivity contribution in [2.24, 2.45) is 5.16 Å². The van der Waals surface area contributed by atoms with Crippen molar-refractivity contribution in [3.63, 3.8) is 0 Å². The highest BCUT2D eigenvalue weighted by Gasteiger charge is 2.32. The lowest BCUT2D eigenvalue weighted by Crippen LogP contribution is -2.29. The van der Waals surface area contributed by atoms with Crippen LogP contribution in [0.15, 0.2) is 5.16 Å². The second-order valence-corrected chi connectivity index (χ2v) is 3.86. The molecule has 4 nitrogen and oxygen atoms in total. The standard InChI is InChI=1S/C6H10BrNO3/c1-4(2)8-11-6(3,7)5(9)10/h1-3H3,(H,9,10). The van der Waals surface area contributed by atoms with Crippen molar-refractivity contribution in [2.75, 3.05) is 0 Å². The second kappa shape index (κ2) is 3.71. The van der Waals surface area contributed by atoms with Crippen molar-refractivity contribution >= 4 is 27.6 Å². The largest absolute Gasteiger partial charge is 0.478 e. The summed E-state index contributed by atoms with van der Waals surface area (Å²) in [5.41, 5.74) is 0.664. The predicted octanol–water partition coefficient (Wildman–Crippen LogP) is 1.59. The van der Waals surface area contributed by atoms with Crippen LogP contribution in [0.1, 0.15) is 20.8 Å². The molecule has 1 N–H and O–H groups in total. The molecule has 0 fully saturated rings. The lowest BCUT2D eigenvalue weighted by Gasteiger charge is -2.13. The molecule has 0 rings (SSSR count). The number of hydrogen-bond acceptors (Lipinski definition) is 3. The topological polar surface area (TPSA) is 58.9 Å². The zero-order valence-electron chi connectivity index (χ0n) is 6.59. The van der Waals surface area contributed by atoms with E-state index >= 15 is 0 Å². The van der Waals surface area contributed by atoms with Crippen LogP contribution in [0.4, 0.5) is 0 Å². The molecule has 0 bridgehead atoms. The molecule has 0 aliphatic heterocycles. The van der Waals surface area contributed by atoms with Crippen molar-refractivity contribution in [3.05, 3.63) is 0 Å². The lowest BCUT2D eigenvalue weighted by atomic mass is 10.4. The van der Waals surface area contributed by atoms with Crippen molar-refractivity contribution in [1.82, 2.24) is 0 Å². The number of alkyl halides is 1. The Bertz CT molecular complexity index is 184. The van der Waals surface area contributed by atoms with Gasteiger partial charge in [0.1, 0.15) is 0 Å². The van der Waals surface area contributed by atoms with Crippen LogP contribution >= 0.6 is 15.9 Å². The summed E-state index contributed by atoms with van der Waals surface area (Å²) < 4.78 is -1.43. The fraction of sp³-hybridized carbons (Fsp3) is 0.667. The third-order valence-electron chi connectivity index (χ3n) is 0.782. The normalized spacial score (nSPS) is 14.9. The zero-order valence-corrected chi connectivity index (χ0v) is 8.17. The number of aliphatic carboxylic acids is 1. The molecule has 1 unspecified atom stereocenters. The zero-order chi connectivity index (χ0) is 9.07. The molecule has 0 aromatic rings. The Morgan fingerprint density at radius 1 is 1.64 bits per heavy atom. The SMILES string of the molecule is CC(C)=NOC(C)(Br)C(=O)O. The fourth-order valence-corrected chi connectivity index (χ4v) is 0.288. The number of hydrogen-bond donors (Lipinski definition) is 1. The predicted molar refractivity (Wildman–Crippen MR) is 44.8 cm³/mol. The van der Waals surface area contributed by atoms with Crippen LogP contribution in [0.25, 0.3) is 0 Å². The van der Waals surface area contributed by atoms with E-state index in [1.54, 1.807) is 13.8 Å². The van der Waals surface area contributed by atoms with Gasteiger partial charge >= 0.3 is 5.97 Å². The van der Waals surface area contributed by atoms with Gasteiger partial charge in [0.2, 0.25) is 0 Å². The second-order valence-electron chi connectivity index (χ2n) is 2.35. The smallest absolute Gasteiger partial charge is 0.362 e. The fourth-order valence-electron chi connectivity index (χ4n) is 0.216. The maximum absolute atomic E-state index is 10.4. The molecule has 0 radical (unpaired) electrons. The minimum absolute atomic E-state index is 0.664. The molecule has 0 heterocycles. The number of rotatable bonds is 3. The molecule has 0 aromatic heterocycles. The van der Waals surface area contributed by atoms with Gasteiger partial charge in [-0.2, -0.15) is 0 Å². The molecule has 0 aromatic carbocycles. The van der Waals surface area contributed by atoms with Crippen molar-refractivity contribution < 1.29 is 14.7 Å². The van der Waals surface area contributed by atoms with Crippen LogP contribution in [-0.2, 0) is 9.63 Å². The van der Waals surface area contributed by atoms with Gasteiger partial charge in [-0.15, -0.1) is 0 Å². The minimum Gasteiger partial charge on any atom is -0.478 e. The molecular formula is C6H10BrNO3. The van der Waals surface area contributed by atoms with Crippen LogP contribution in [0.5, 0.6) is 0 Å². The first kappa shape index (κ1) is 10.4. The average Bonchev–Trinajstić information content (AvgIpc) is 1.84. The first-order valence-corrected chi connectivity index (χ1v) is 3.77. The summed E-state index contributed by atoms with van der Waals surface area (Å²) >= 11 is 2.85. The molecule has 0 amide bonds. The van der Waals surface area contributed by atoms with Gasteiger partial charge in [-0.1, -0.05) is 5.16 Å². The quantitative estimate of drug-likeness (QED) is 0.450. The average molecular weight is 224 g/mol. The van der Waals surface area contributed by atoms with E-state index in [0.29, 0.717) is 5.71 Å². The van der Waals surface area contributed by atoms with Crippen LogP contribution in [0, 0.1) is 0 Å². The molecule has 1 atom stereocenters. The first-order chi connectivity index (χ1) is 4.86. The van der Waals surface area contributed by atoms with E-state index in [1.807, 2.05) is 0 Å². The van der Waals surface area contributed by atoms with Crippen molar-refractivity contribution in [1.29, 1.82) is 0 Å². The summed E-state index contributed by atoms with van der Waals surface area (Å²) in [7, 11) is 0. The minimum atomic E-state index is -1.43. The highest BCUT2D eigenvalue weighted by Crippen LogP contribution is 2.19. The van der Waals surface area contributed by atoms with Gasteiger partial charge in [-0.25, -0.2) is 4.79 Å². The van der Waals surface area contributed by atoms with Crippen LogP contribution in [-0.4, -0.2) is 21.3 Å². The molecule has 0 aliphatic rings. The number of nitrogens with zero attached hydrogens (tertiary/aromatic N) is 1. The van der Waals surface area contributed by atoms with E-state index in [2.05, 4.69) is 25.9 Å². The van der Waals surface area contributed by atoms with E-state index in [-0.39, 0.29) is 0 Å². The molecule has 0 aliphatic carbocycles. The van der Waals surface area contributed by atoms with Gasteiger partial charge in [0.25, 0.3) is 4.51 Å². The third kappa shape index (κ3) is 3.98. The molecule has 5 heteroatoms. The van der Waals surface area contributed by atoms with Gasteiger partial charge in [-0.3, -0.25) is 0 Å². The Morgan fingerprint density at radius 2 is 2.09 bits per heavy atom. The van der Waals surface area contributed by atoms with Crippen molar-refractivity contribution in [2.45, 2.75) is 25.3 Å². The molecular weight excluding hydrogens is 214 g/mol. The van der Waals surface area contributed by atoms with Gasteiger partial charge < -0.3 is 9.94 Å². The third-order valence-corrected chi connectivity index (χ3v) is 1.27. The maximum Gasteiger partial charge on any atom is 0.362 e. The number of carboxylic acids is 1. The van der Waals surface area contributed by atoms with E-state index in [1.165, 1.54) is 6.92 Å². The van der Waals surface area contributed by atoms with Gasteiger partial charge in [0, 0.05) is 0 Å². The summed E-state index contributed by atoms with van der Waals surface area (Å²) in [6.45, 7) is 4.79. The van der Waals surface area contributed by atoms with E-state index in [4.69, 9.17) is 5.11 Å². The monoisotopic (exact) mass is 223 g/mol. The summed E-state index contributed by atoms with van der Waals surface area (Å²) in [4.78, 5) is 15.0. The molecule has 0 saturated carbocycles. The van der Waals surface area contributed by atoms with Gasteiger partial charge in [0.05, 0.1) is 5.71 Å². The van der Waals surface area contributed by atoms with Crippen molar-refractivity contribution in [3.8, 4) is 0 Å². The number of carbonyl (C=O) groups is 1. The van der Waals surface area contributed by atoms with Crippen LogP contribution in [0.3, 0.4) is 0 Å². The van der Waals surface area contributed by atoms with Crippen LogP contribution in [0.2, 0.25) is 0 Å². The molecule has 0 saturated heterocycles. The Morgan fingerprint density at radius 3 is 2.36 bits per heavy atom. The molecule has 0 spiro atoms.